The van der Waals surface area contributed by atoms with Gasteiger partial charge in [-0.2, -0.15) is 0 Å². The van der Waals surface area contributed by atoms with Crippen molar-refractivity contribution in [3.05, 3.63) is 16.4 Å². The summed E-state index contributed by atoms with van der Waals surface area (Å²) in [6.45, 7) is 6.76. The molecular formula is C15H25N5O3. The maximum Gasteiger partial charge on any atom is 0.353 e. The normalized spacial score (nSPS) is 15.0. The van der Waals surface area contributed by atoms with Crippen molar-refractivity contribution in [3.63, 3.8) is 0 Å². The zero-order valence-corrected chi connectivity index (χ0v) is 13.8. The Balaban J connectivity index is 2.05. The Hall–Kier alpha value is -1.96. The standard InChI is InChI=1S/C15H25N5O3/c1-12(2)23-10-6-7-16-14-13(20(21)22)15(18-11-17-14)19-8-4-3-5-9-19/h11-12H,3-10H2,1-2H3,(H,16,17,18). The first-order chi connectivity index (χ1) is 11.1. The number of hydrogen-bond donors (Lipinski definition) is 1. The minimum atomic E-state index is -0.392. The number of rotatable bonds is 8. The molecule has 0 radical (unpaired) electrons. The lowest BCUT2D eigenvalue weighted by Crippen LogP contribution is -2.31. The van der Waals surface area contributed by atoms with Crippen molar-refractivity contribution in [3.8, 4) is 0 Å². The molecule has 8 nitrogen and oxygen atoms in total. The van der Waals surface area contributed by atoms with Crippen molar-refractivity contribution in [1.29, 1.82) is 0 Å². The Bertz CT molecular complexity index is 518. The van der Waals surface area contributed by atoms with E-state index in [4.69, 9.17) is 4.74 Å². The van der Waals surface area contributed by atoms with E-state index in [1.165, 1.54) is 6.33 Å². The summed E-state index contributed by atoms with van der Waals surface area (Å²) >= 11 is 0. The molecule has 2 heterocycles. The molecule has 1 fully saturated rings. The Kier molecular flexibility index (Phi) is 6.52. The molecule has 1 aromatic heterocycles. The fraction of sp³-hybridized carbons (Fsp3) is 0.733. The third-order valence-corrected chi connectivity index (χ3v) is 3.71. The first-order valence-corrected chi connectivity index (χ1v) is 8.19. The predicted octanol–water partition coefficient (Wildman–Crippen LogP) is 2.60. The summed E-state index contributed by atoms with van der Waals surface area (Å²) in [5, 5.41) is 14.5. The second-order valence-corrected chi connectivity index (χ2v) is 5.90. The van der Waals surface area contributed by atoms with Gasteiger partial charge in [0.05, 0.1) is 11.0 Å². The van der Waals surface area contributed by atoms with Crippen LogP contribution in [0.1, 0.15) is 39.5 Å². The average molecular weight is 323 g/mol. The number of anilines is 2. The highest BCUT2D eigenvalue weighted by Crippen LogP contribution is 2.33. The number of nitro groups is 1. The fourth-order valence-corrected chi connectivity index (χ4v) is 2.60. The van der Waals surface area contributed by atoms with E-state index in [0.717, 1.165) is 38.8 Å². The van der Waals surface area contributed by atoms with Crippen LogP contribution in [0.4, 0.5) is 17.3 Å². The third kappa shape index (κ3) is 5.02. The van der Waals surface area contributed by atoms with Crippen molar-refractivity contribution in [1.82, 2.24) is 9.97 Å². The molecule has 0 saturated carbocycles. The highest BCUT2D eigenvalue weighted by Gasteiger charge is 2.27. The minimum absolute atomic E-state index is 0.0285. The Morgan fingerprint density at radius 1 is 1.35 bits per heavy atom. The molecule has 0 unspecified atom stereocenters. The average Bonchev–Trinajstić information content (AvgIpc) is 2.54. The summed E-state index contributed by atoms with van der Waals surface area (Å²) in [6, 6.07) is 0. The smallest absolute Gasteiger partial charge is 0.353 e. The van der Waals surface area contributed by atoms with Gasteiger partial charge in [0.25, 0.3) is 0 Å². The Labute approximate surface area is 136 Å². The lowest BCUT2D eigenvalue weighted by atomic mass is 10.1. The minimum Gasteiger partial charge on any atom is -0.379 e. The summed E-state index contributed by atoms with van der Waals surface area (Å²) in [4.78, 5) is 21.3. The molecule has 1 aliphatic heterocycles. The van der Waals surface area contributed by atoms with E-state index in [1.807, 2.05) is 18.7 Å². The van der Waals surface area contributed by atoms with Crippen LogP contribution in [0.5, 0.6) is 0 Å². The van der Waals surface area contributed by atoms with Crippen molar-refractivity contribution in [2.45, 2.75) is 45.6 Å². The number of ether oxygens (including phenoxy) is 1. The van der Waals surface area contributed by atoms with Gasteiger partial charge in [-0.3, -0.25) is 10.1 Å². The van der Waals surface area contributed by atoms with E-state index in [2.05, 4.69) is 15.3 Å². The molecule has 2 rings (SSSR count). The SMILES string of the molecule is CC(C)OCCCNc1ncnc(N2CCCCC2)c1[N+](=O)[O-]. The van der Waals surface area contributed by atoms with Crippen LogP contribution in [0.15, 0.2) is 6.33 Å². The second kappa shape index (κ2) is 8.61. The van der Waals surface area contributed by atoms with Crippen molar-refractivity contribution >= 4 is 17.3 Å². The van der Waals surface area contributed by atoms with Crippen molar-refractivity contribution in [2.24, 2.45) is 0 Å². The molecule has 1 aliphatic rings. The predicted molar refractivity (Wildman–Crippen MR) is 88.9 cm³/mol. The highest BCUT2D eigenvalue weighted by molar-refractivity contribution is 5.70. The molecule has 0 atom stereocenters. The molecule has 1 aromatic rings. The summed E-state index contributed by atoms with van der Waals surface area (Å²) < 4.78 is 5.46. The van der Waals surface area contributed by atoms with Gasteiger partial charge in [0.15, 0.2) is 0 Å². The molecule has 128 valence electrons. The summed E-state index contributed by atoms with van der Waals surface area (Å²) in [7, 11) is 0. The number of nitrogens with zero attached hydrogens (tertiary/aromatic N) is 4. The van der Waals surface area contributed by atoms with E-state index in [9.17, 15) is 10.1 Å². The van der Waals surface area contributed by atoms with Crippen LogP contribution in [0.2, 0.25) is 0 Å². The van der Waals surface area contributed by atoms with Gasteiger partial charge in [0, 0.05) is 26.2 Å². The quantitative estimate of drug-likeness (QED) is 0.446. The summed E-state index contributed by atoms with van der Waals surface area (Å²) in [6.07, 6.45) is 5.58. The zero-order valence-electron chi connectivity index (χ0n) is 13.8. The van der Waals surface area contributed by atoms with E-state index in [-0.39, 0.29) is 17.6 Å². The van der Waals surface area contributed by atoms with E-state index >= 15 is 0 Å². The number of nitrogens with one attached hydrogen (secondary N) is 1. The van der Waals surface area contributed by atoms with Gasteiger partial charge in [-0.15, -0.1) is 0 Å². The maximum absolute atomic E-state index is 11.5. The molecule has 0 spiro atoms. The first-order valence-electron chi connectivity index (χ1n) is 8.19. The van der Waals surface area contributed by atoms with Crippen LogP contribution < -0.4 is 10.2 Å². The van der Waals surface area contributed by atoms with Gasteiger partial charge in [-0.25, -0.2) is 9.97 Å². The molecule has 0 amide bonds. The van der Waals surface area contributed by atoms with Gasteiger partial charge in [0.2, 0.25) is 11.6 Å². The first kappa shape index (κ1) is 17.4. The summed E-state index contributed by atoms with van der Waals surface area (Å²) in [5.41, 5.74) is -0.0285. The van der Waals surface area contributed by atoms with Crippen molar-refractivity contribution in [2.75, 3.05) is 36.5 Å². The molecule has 0 bridgehead atoms. The van der Waals surface area contributed by atoms with Crippen LogP contribution in [-0.2, 0) is 4.74 Å². The Morgan fingerprint density at radius 3 is 2.74 bits per heavy atom. The topological polar surface area (TPSA) is 93.4 Å². The molecule has 1 N–H and O–H groups in total. The molecule has 1 saturated heterocycles. The van der Waals surface area contributed by atoms with Crippen molar-refractivity contribution < 1.29 is 9.66 Å². The largest absolute Gasteiger partial charge is 0.379 e. The van der Waals surface area contributed by atoms with Gasteiger partial charge < -0.3 is 15.0 Å². The molecule has 23 heavy (non-hydrogen) atoms. The summed E-state index contributed by atoms with van der Waals surface area (Å²) in [5.74, 6) is 0.709. The van der Waals surface area contributed by atoms with Gasteiger partial charge in [-0.1, -0.05) is 0 Å². The van der Waals surface area contributed by atoms with Crippen LogP contribution in [0, 0.1) is 10.1 Å². The monoisotopic (exact) mass is 323 g/mol. The lowest BCUT2D eigenvalue weighted by Gasteiger charge is -2.27. The molecule has 8 heteroatoms. The number of aromatic nitrogens is 2. The van der Waals surface area contributed by atoms with E-state index in [1.54, 1.807) is 0 Å². The highest BCUT2D eigenvalue weighted by atomic mass is 16.6. The maximum atomic E-state index is 11.5. The molecular weight excluding hydrogens is 298 g/mol. The van der Waals surface area contributed by atoms with Crippen LogP contribution in [0.3, 0.4) is 0 Å². The van der Waals surface area contributed by atoms with Crippen LogP contribution in [0.25, 0.3) is 0 Å². The Morgan fingerprint density at radius 2 is 2.09 bits per heavy atom. The third-order valence-electron chi connectivity index (χ3n) is 3.71. The molecule has 0 aliphatic carbocycles. The number of hydrogen-bond acceptors (Lipinski definition) is 7. The van der Waals surface area contributed by atoms with E-state index in [0.29, 0.717) is 19.0 Å². The van der Waals surface area contributed by atoms with Gasteiger partial charge in [0.1, 0.15) is 6.33 Å². The van der Waals surface area contributed by atoms with Gasteiger partial charge in [-0.05, 0) is 39.5 Å². The second-order valence-electron chi connectivity index (χ2n) is 5.90. The van der Waals surface area contributed by atoms with Gasteiger partial charge >= 0.3 is 5.69 Å². The molecule has 0 aromatic carbocycles. The zero-order chi connectivity index (χ0) is 16.7. The lowest BCUT2D eigenvalue weighted by molar-refractivity contribution is -0.383. The van der Waals surface area contributed by atoms with Crippen LogP contribution in [-0.4, -0.2) is 47.2 Å². The number of piperidine rings is 1. The van der Waals surface area contributed by atoms with Crippen LogP contribution >= 0.6 is 0 Å². The fourth-order valence-electron chi connectivity index (χ4n) is 2.60. The van der Waals surface area contributed by atoms with E-state index < -0.39 is 4.92 Å².